The number of aliphatic hydroxyl groups excluding tert-OH is 2. The smallest absolute Gasteiger partial charge is 0.346 e. The van der Waals surface area contributed by atoms with Crippen molar-refractivity contribution < 1.29 is 14.6 Å². The number of hydrogen-bond acceptors (Lipinski definition) is 5. The van der Waals surface area contributed by atoms with Gasteiger partial charge in [-0.25, -0.2) is 9.78 Å². The highest BCUT2D eigenvalue weighted by Gasteiger charge is 2.62. The molecule has 202 valence electrons. The van der Waals surface area contributed by atoms with Crippen molar-refractivity contribution in [3.63, 3.8) is 0 Å². The topological polar surface area (TPSA) is 83.6 Å². The average molecular weight is 508 g/mol. The predicted octanol–water partition coefficient (Wildman–Crippen LogP) is 6.06. The summed E-state index contributed by atoms with van der Waals surface area (Å²) in [7, 11) is 0. The highest BCUT2D eigenvalue weighted by Crippen LogP contribution is 2.68. The van der Waals surface area contributed by atoms with Crippen LogP contribution < -0.4 is 5.63 Å². The number of aryl methyl sites for hydroxylation is 2. The first-order chi connectivity index (χ1) is 17.6. The van der Waals surface area contributed by atoms with E-state index in [4.69, 9.17) is 4.42 Å². The lowest BCUT2D eigenvalue weighted by Gasteiger charge is -2.62. The molecular weight excluding hydrogens is 462 g/mol. The minimum absolute atomic E-state index is 0.182. The maximum absolute atomic E-state index is 12.6. The van der Waals surface area contributed by atoms with Gasteiger partial charge in [0.25, 0.3) is 0 Å². The first-order valence-corrected chi connectivity index (χ1v) is 14.9. The lowest BCUT2D eigenvalue weighted by molar-refractivity contribution is -0.174. The lowest BCUT2D eigenvalue weighted by atomic mass is 9.43. The highest BCUT2D eigenvalue weighted by molar-refractivity contribution is 5.77. The first kappa shape index (κ1) is 25.6. The Kier molecular flexibility index (Phi) is 6.35. The van der Waals surface area contributed by atoms with Crippen LogP contribution in [-0.2, 0) is 6.42 Å². The molecule has 0 radical (unpaired) electrons. The third-order valence-corrected chi connectivity index (χ3v) is 12.1. The number of aromatic nitrogens is 1. The molecule has 1 aromatic carbocycles. The van der Waals surface area contributed by atoms with Crippen LogP contribution in [0.2, 0.25) is 0 Å². The van der Waals surface area contributed by atoms with Gasteiger partial charge in [0.05, 0.1) is 23.1 Å². The molecular formula is C32H45NO4. The number of rotatable bonds is 4. The van der Waals surface area contributed by atoms with Crippen molar-refractivity contribution in [1.29, 1.82) is 0 Å². The Morgan fingerprint density at radius 2 is 1.81 bits per heavy atom. The maximum atomic E-state index is 12.6. The Balaban J connectivity index is 1.18. The van der Waals surface area contributed by atoms with Crippen LogP contribution in [-0.4, -0.2) is 27.4 Å². The summed E-state index contributed by atoms with van der Waals surface area (Å²) in [6.45, 7) is 9.35. The van der Waals surface area contributed by atoms with E-state index >= 15 is 0 Å². The molecule has 2 N–H and O–H groups in total. The predicted molar refractivity (Wildman–Crippen MR) is 145 cm³/mol. The summed E-state index contributed by atoms with van der Waals surface area (Å²) < 4.78 is 5.63. The number of hydrogen-bond donors (Lipinski definition) is 2. The van der Waals surface area contributed by atoms with E-state index in [-0.39, 0.29) is 28.7 Å². The second-order valence-corrected chi connectivity index (χ2v) is 13.9. The second kappa shape index (κ2) is 9.19. The summed E-state index contributed by atoms with van der Waals surface area (Å²) >= 11 is 0. The fraction of sp³-hybridized carbons (Fsp3) is 0.750. The van der Waals surface area contributed by atoms with E-state index in [1.165, 1.54) is 25.7 Å². The van der Waals surface area contributed by atoms with Gasteiger partial charge >= 0.3 is 5.63 Å². The number of benzene rings is 1. The molecule has 37 heavy (non-hydrogen) atoms. The molecule has 2 aromatic rings. The van der Waals surface area contributed by atoms with Crippen molar-refractivity contribution in [2.24, 2.45) is 46.3 Å². The second-order valence-electron chi connectivity index (χ2n) is 13.9. The molecule has 1 unspecified atom stereocenters. The zero-order valence-corrected chi connectivity index (χ0v) is 23.1. The summed E-state index contributed by atoms with van der Waals surface area (Å²) in [5.74, 6) is 3.72. The van der Waals surface area contributed by atoms with E-state index in [9.17, 15) is 15.0 Å². The molecule has 0 aliphatic heterocycles. The molecule has 0 saturated heterocycles. The minimum atomic E-state index is -0.282. The van der Waals surface area contributed by atoms with Crippen LogP contribution >= 0.6 is 0 Å². The summed E-state index contributed by atoms with van der Waals surface area (Å²) in [6.07, 6.45) is 9.92. The molecule has 5 nitrogen and oxygen atoms in total. The van der Waals surface area contributed by atoms with Crippen LogP contribution in [0.25, 0.3) is 10.9 Å². The summed E-state index contributed by atoms with van der Waals surface area (Å²) in [5, 5.41) is 22.4. The number of fused-ring (bicyclic) bond motifs is 6. The van der Waals surface area contributed by atoms with E-state index < -0.39 is 0 Å². The maximum Gasteiger partial charge on any atom is 0.346 e. The van der Waals surface area contributed by atoms with Crippen molar-refractivity contribution in [3.05, 3.63) is 40.1 Å². The highest BCUT2D eigenvalue weighted by atomic mass is 16.4. The van der Waals surface area contributed by atoms with Gasteiger partial charge in [-0.15, -0.1) is 0 Å². The molecule has 4 aliphatic rings. The van der Waals surface area contributed by atoms with E-state index in [0.29, 0.717) is 53.2 Å². The van der Waals surface area contributed by atoms with Gasteiger partial charge in [-0.1, -0.05) is 32.4 Å². The van der Waals surface area contributed by atoms with E-state index in [2.05, 4.69) is 25.8 Å². The van der Waals surface area contributed by atoms with Crippen LogP contribution in [0.3, 0.4) is 0 Å². The van der Waals surface area contributed by atoms with Gasteiger partial charge in [-0.05, 0) is 123 Å². The van der Waals surface area contributed by atoms with E-state index in [1.807, 2.05) is 25.1 Å². The Labute approximate surface area is 221 Å². The molecule has 4 fully saturated rings. The van der Waals surface area contributed by atoms with Gasteiger partial charge in [0.2, 0.25) is 0 Å². The van der Waals surface area contributed by atoms with Crippen molar-refractivity contribution in [1.82, 2.24) is 4.98 Å². The number of aliphatic hydroxyl groups is 2. The standard InChI is InChI=1S/C32H45NO4/c1-18-5-9-26-22(15-18)30(36)37-28(33-26)10-6-19(2)23-7-8-24-29-25(12-14-32(23,24)4)31(3)13-11-21(34)16-20(31)17-27(29)35/h5,9,15,19-21,23-25,27,29,34-35H,6-8,10-14,16-17H2,1-4H3/t19-,20+,21-,23-,24+,25?,27-,29+,31+,32-/m1/s1. The normalized spacial score (nSPS) is 42.2. The molecule has 0 amide bonds. The van der Waals surface area contributed by atoms with Gasteiger partial charge in [0, 0.05) is 6.42 Å². The first-order valence-electron chi connectivity index (χ1n) is 14.9. The zero-order chi connectivity index (χ0) is 26.1. The Bertz CT molecular complexity index is 1220. The fourth-order valence-electron chi connectivity index (χ4n) is 10.1. The van der Waals surface area contributed by atoms with Crippen molar-refractivity contribution in [2.45, 2.75) is 104 Å². The van der Waals surface area contributed by atoms with Gasteiger partial charge < -0.3 is 14.6 Å². The van der Waals surface area contributed by atoms with Crippen molar-refractivity contribution in [3.8, 4) is 0 Å². The van der Waals surface area contributed by atoms with E-state index in [1.54, 1.807) is 0 Å². The van der Waals surface area contributed by atoms with E-state index in [0.717, 1.165) is 43.2 Å². The van der Waals surface area contributed by atoms with Crippen molar-refractivity contribution in [2.75, 3.05) is 0 Å². The Hall–Kier alpha value is -1.72. The summed E-state index contributed by atoms with van der Waals surface area (Å²) in [4.78, 5) is 17.2. The largest absolute Gasteiger partial charge is 0.408 e. The van der Waals surface area contributed by atoms with Crippen molar-refractivity contribution >= 4 is 10.9 Å². The van der Waals surface area contributed by atoms with Crippen LogP contribution in [0.1, 0.15) is 90.0 Å². The average Bonchev–Trinajstić information content (AvgIpc) is 3.21. The Morgan fingerprint density at radius 1 is 1.05 bits per heavy atom. The van der Waals surface area contributed by atoms with Crippen LogP contribution in [0.4, 0.5) is 0 Å². The molecule has 0 spiro atoms. The molecule has 10 atom stereocenters. The molecule has 1 aromatic heterocycles. The van der Waals surface area contributed by atoms with Crippen LogP contribution in [0, 0.1) is 53.3 Å². The molecule has 6 rings (SSSR count). The van der Waals surface area contributed by atoms with Gasteiger partial charge in [0.1, 0.15) is 0 Å². The van der Waals surface area contributed by atoms with Crippen LogP contribution in [0.5, 0.6) is 0 Å². The van der Waals surface area contributed by atoms with Gasteiger partial charge in [-0.3, -0.25) is 0 Å². The van der Waals surface area contributed by atoms with Gasteiger partial charge in [0.15, 0.2) is 5.89 Å². The molecule has 4 aliphatic carbocycles. The minimum Gasteiger partial charge on any atom is -0.408 e. The number of nitrogens with zero attached hydrogens (tertiary/aromatic N) is 1. The third-order valence-electron chi connectivity index (χ3n) is 12.1. The summed E-state index contributed by atoms with van der Waals surface area (Å²) in [6, 6.07) is 5.77. The quantitative estimate of drug-likeness (QED) is 0.526. The molecule has 5 heteroatoms. The van der Waals surface area contributed by atoms with Crippen LogP contribution in [0.15, 0.2) is 27.4 Å². The SMILES string of the molecule is Cc1ccc2nc(CC[C@@H](C)[C@H]3CC[C@H]4[C@H]5C(CC[C@]34C)[C@@]3(C)CC[C@@H](O)C[C@H]3C[C@H]5O)oc(=O)c2c1. The third kappa shape index (κ3) is 4.11. The zero-order valence-electron chi connectivity index (χ0n) is 23.1. The lowest BCUT2D eigenvalue weighted by Crippen LogP contribution is -2.58. The monoisotopic (exact) mass is 507 g/mol. The fourth-order valence-corrected chi connectivity index (χ4v) is 10.1. The molecule has 0 bridgehead atoms. The molecule has 1 heterocycles. The Morgan fingerprint density at radius 3 is 2.62 bits per heavy atom. The molecule has 4 saturated carbocycles. The van der Waals surface area contributed by atoms with Gasteiger partial charge in [-0.2, -0.15) is 0 Å². The summed E-state index contributed by atoms with van der Waals surface area (Å²) in [5.41, 5.74) is 2.01.